The Bertz CT molecular complexity index is 8.00. The predicted octanol–water partition coefficient (Wildman–Crippen LogP) is 0.165. The van der Waals surface area contributed by atoms with Crippen molar-refractivity contribution in [3.8, 4) is 0 Å². The van der Waals surface area contributed by atoms with Crippen LogP contribution in [0.4, 0.5) is 0 Å². The Morgan fingerprint density at radius 2 is 1.00 bits per heavy atom. The van der Waals surface area contributed by atoms with E-state index in [-0.39, 0.29) is 55.7 Å². The van der Waals surface area contributed by atoms with E-state index in [2.05, 4.69) is 0 Å². The Kier molecular flexibility index (Phi) is 359. The minimum atomic E-state index is 0. The molecule has 0 fully saturated rings. The Balaban J connectivity index is 0. The van der Waals surface area contributed by atoms with Crippen LogP contribution in [0.1, 0.15) is 0 Å². The average molecular weight is 171 g/mol. The van der Waals surface area contributed by atoms with Gasteiger partial charge in [0.2, 0.25) is 0 Å². The van der Waals surface area contributed by atoms with Crippen LogP contribution < -0.4 is 0 Å². The topological polar surface area (TPSA) is 59.0 Å². The molecular weight excluding hydrogens is 171 g/mol. The summed E-state index contributed by atoms with van der Waals surface area (Å²) in [7, 11) is 0. The second-order valence-electron chi connectivity index (χ2n) is 0. The molecule has 0 spiro atoms. The zero-order valence-corrected chi connectivity index (χ0v) is 5.56. The van der Waals surface area contributed by atoms with Gasteiger partial charge in [-0.05, 0) is 0 Å². The summed E-state index contributed by atoms with van der Waals surface area (Å²) >= 11 is 0. The summed E-state index contributed by atoms with van der Waals surface area (Å²) in [6.45, 7) is 0. The summed E-state index contributed by atoms with van der Waals surface area (Å²) in [5.41, 5.74) is 0. The van der Waals surface area contributed by atoms with E-state index >= 15 is 0 Å². The number of hydrogen-bond acceptors (Lipinski definition) is 0. The zero-order chi connectivity index (χ0) is 0. The van der Waals surface area contributed by atoms with Crippen LogP contribution in [-0.2, 0) is 49.6 Å². The molecular formula is NNbOTi. The molecule has 0 saturated carbocycles. The van der Waals surface area contributed by atoms with Crippen LogP contribution in [0.2, 0.25) is 0 Å². The van der Waals surface area contributed by atoms with Crippen LogP contribution in [0.5, 0.6) is 0 Å². The Labute approximate surface area is 55.6 Å². The van der Waals surface area contributed by atoms with Crippen molar-refractivity contribution in [1.82, 2.24) is 0 Å². The van der Waals surface area contributed by atoms with E-state index in [0.717, 1.165) is 0 Å². The first-order valence-electron chi connectivity index (χ1n) is 0. The van der Waals surface area contributed by atoms with Crippen LogP contribution in [-0.4, -0.2) is 0 Å². The minimum Gasteiger partial charge on any atom is -3.00 e. The zero-order valence-electron chi connectivity index (χ0n) is 1.80. The van der Waals surface area contributed by atoms with Gasteiger partial charge in [0.05, 0.1) is 0 Å². The quantitative estimate of drug-likeness (QED) is 0.466. The molecule has 20 valence electrons. The van der Waals surface area contributed by atoms with Gasteiger partial charge in [-0.25, -0.2) is 0 Å². The predicted molar refractivity (Wildman–Crippen MR) is 4.05 cm³/mol. The van der Waals surface area contributed by atoms with Crippen molar-refractivity contribution >= 4 is 0 Å². The third-order valence-corrected chi connectivity index (χ3v) is 0. The smallest absolute Gasteiger partial charge is 3.00 e. The van der Waals surface area contributed by atoms with Gasteiger partial charge in [-0.2, -0.15) is 0 Å². The maximum absolute atomic E-state index is 0. The minimum absolute atomic E-state index is 0. The van der Waals surface area contributed by atoms with Crippen molar-refractivity contribution < 1.29 is 49.6 Å². The molecule has 2 nitrogen and oxygen atoms in total. The Hall–Kier alpha value is 1.37. The molecule has 0 heterocycles. The molecule has 0 N–H and O–H groups in total. The molecule has 0 aromatic heterocycles. The molecule has 0 aliphatic carbocycles. The van der Waals surface area contributed by atoms with E-state index < -0.39 is 0 Å². The van der Waals surface area contributed by atoms with E-state index in [1.54, 1.807) is 0 Å². The molecule has 0 bridgehead atoms. The fraction of sp³-hybridized carbons (Fsp3) is 0. The standard InChI is InChI=1S/N.Nb.O.Ti/q-3;+5;-2;. The summed E-state index contributed by atoms with van der Waals surface area (Å²) < 4.78 is 0. The molecule has 0 atom stereocenters. The van der Waals surface area contributed by atoms with Gasteiger partial charge in [0, 0.05) is 21.7 Å². The fourth-order valence-corrected chi connectivity index (χ4v) is 0. The summed E-state index contributed by atoms with van der Waals surface area (Å²) in [5, 5.41) is 0. The molecule has 0 aliphatic heterocycles. The number of rotatable bonds is 0. The third-order valence-electron chi connectivity index (χ3n) is 0. The van der Waals surface area contributed by atoms with E-state index in [1.165, 1.54) is 0 Å². The SMILES string of the molecule is [N-3].[Nb+5].[O-2].[Ti]. The molecule has 0 aliphatic rings. The Morgan fingerprint density at radius 1 is 1.00 bits per heavy atom. The molecule has 0 aromatic carbocycles. The van der Waals surface area contributed by atoms with Gasteiger partial charge in [-0.1, -0.05) is 0 Å². The largest absolute Gasteiger partial charge is 5.00 e. The normalized spacial score (nSPS) is 0. The van der Waals surface area contributed by atoms with Crippen LogP contribution in [0, 0.1) is 0 Å². The molecule has 4 heteroatoms. The van der Waals surface area contributed by atoms with Crippen molar-refractivity contribution in [2.75, 3.05) is 0 Å². The van der Waals surface area contributed by atoms with Crippen molar-refractivity contribution in [2.45, 2.75) is 0 Å². The van der Waals surface area contributed by atoms with Crippen LogP contribution >= 0.6 is 0 Å². The Morgan fingerprint density at radius 3 is 1.00 bits per heavy atom. The maximum atomic E-state index is 0. The molecule has 0 radical (unpaired) electrons. The van der Waals surface area contributed by atoms with Gasteiger partial charge < -0.3 is 11.6 Å². The van der Waals surface area contributed by atoms with E-state index in [4.69, 9.17) is 0 Å². The average Bonchev–Trinajstić information content (AvgIpc) is 0. The molecule has 0 aromatic rings. The maximum Gasteiger partial charge on any atom is 5.00 e. The fourth-order valence-electron chi connectivity index (χ4n) is 0. The van der Waals surface area contributed by atoms with Crippen molar-refractivity contribution in [3.63, 3.8) is 0 Å². The third kappa shape index (κ3) is 10.1. The van der Waals surface area contributed by atoms with Gasteiger partial charge in [0.1, 0.15) is 0 Å². The molecule has 0 unspecified atom stereocenters. The molecule has 0 amide bonds. The molecule has 4 heavy (non-hydrogen) atoms. The van der Waals surface area contributed by atoms with Gasteiger partial charge in [-0.15, -0.1) is 0 Å². The summed E-state index contributed by atoms with van der Waals surface area (Å²) in [6, 6.07) is 0. The van der Waals surface area contributed by atoms with Gasteiger partial charge in [-0.3, -0.25) is 0 Å². The molecule has 0 saturated heterocycles. The van der Waals surface area contributed by atoms with Crippen molar-refractivity contribution in [3.05, 3.63) is 6.15 Å². The monoisotopic (exact) mass is 171 g/mol. The number of hydrogen-bond donors (Lipinski definition) is 0. The van der Waals surface area contributed by atoms with E-state index in [1.807, 2.05) is 0 Å². The van der Waals surface area contributed by atoms with Crippen LogP contribution in [0.3, 0.4) is 0 Å². The first-order chi connectivity index (χ1) is 0. The second-order valence-corrected chi connectivity index (χ2v) is 0. The van der Waals surface area contributed by atoms with Gasteiger partial charge in [0.25, 0.3) is 0 Å². The van der Waals surface area contributed by atoms with Crippen LogP contribution in [0.25, 0.3) is 6.15 Å². The van der Waals surface area contributed by atoms with Gasteiger partial charge >= 0.3 is 22.4 Å². The van der Waals surface area contributed by atoms with E-state index in [0.29, 0.717) is 0 Å². The second kappa shape index (κ2) is 26.4. The summed E-state index contributed by atoms with van der Waals surface area (Å²) in [6.07, 6.45) is 0. The van der Waals surface area contributed by atoms with Gasteiger partial charge in [0.15, 0.2) is 0 Å². The first kappa shape index (κ1) is 54.4. The van der Waals surface area contributed by atoms with Crippen molar-refractivity contribution in [2.24, 2.45) is 0 Å². The summed E-state index contributed by atoms with van der Waals surface area (Å²) in [4.78, 5) is 0. The van der Waals surface area contributed by atoms with Crippen molar-refractivity contribution in [1.29, 1.82) is 0 Å². The molecule has 0 rings (SSSR count). The first-order valence-corrected chi connectivity index (χ1v) is 0. The number of nitrogens with zero attached hydrogens (tertiary/aromatic N) is 1. The summed E-state index contributed by atoms with van der Waals surface area (Å²) in [5.74, 6) is 0. The van der Waals surface area contributed by atoms with Crippen LogP contribution in [0.15, 0.2) is 0 Å². The van der Waals surface area contributed by atoms with E-state index in [9.17, 15) is 0 Å².